The molecule has 0 atom stereocenters. The van der Waals surface area contributed by atoms with E-state index in [1.165, 1.54) is 12.1 Å². The van der Waals surface area contributed by atoms with Gasteiger partial charge in [0.05, 0.1) is 24.0 Å². The Labute approximate surface area is 165 Å². The van der Waals surface area contributed by atoms with E-state index >= 15 is 0 Å². The lowest BCUT2D eigenvalue weighted by molar-refractivity contribution is 0.0952. The number of benzene rings is 2. The van der Waals surface area contributed by atoms with E-state index in [1.807, 2.05) is 36.7 Å². The standard InChI is InChI=1S/C20H19BrN4O2/c1-13-18(14(2)25(24-13)12-15-6-4-3-5-7-15)11-22-23-20(27)17-10-16(21)8-9-19(17)26/h3-11,26H,12H2,1-2H3,(H,23,27)/b22-11+. The maximum Gasteiger partial charge on any atom is 0.275 e. The van der Waals surface area contributed by atoms with Crippen molar-refractivity contribution in [3.05, 3.63) is 81.1 Å². The van der Waals surface area contributed by atoms with Crippen LogP contribution in [0.15, 0.2) is 58.1 Å². The van der Waals surface area contributed by atoms with Gasteiger partial charge in [-0.15, -0.1) is 0 Å². The Morgan fingerprint density at radius 2 is 2.00 bits per heavy atom. The van der Waals surface area contributed by atoms with Crippen molar-refractivity contribution < 1.29 is 9.90 Å². The Morgan fingerprint density at radius 1 is 1.26 bits per heavy atom. The fourth-order valence-corrected chi connectivity index (χ4v) is 3.07. The minimum absolute atomic E-state index is 0.103. The van der Waals surface area contributed by atoms with Crippen LogP contribution in [0.1, 0.15) is 32.9 Å². The molecule has 2 aromatic carbocycles. The number of hydrazone groups is 1. The topological polar surface area (TPSA) is 79.5 Å². The minimum Gasteiger partial charge on any atom is -0.507 e. The number of carbonyl (C=O) groups is 1. The number of amides is 1. The molecule has 7 heteroatoms. The predicted molar refractivity (Wildman–Crippen MR) is 108 cm³/mol. The van der Waals surface area contributed by atoms with Gasteiger partial charge < -0.3 is 5.11 Å². The smallest absolute Gasteiger partial charge is 0.275 e. The number of carbonyl (C=O) groups excluding carboxylic acids is 1. The number of phenolic OH excluding ortho intramolecular Hbond substituents is 1. The number of halogens is 1. The summed E-state index contributed by atoms with van der Waals surface area (Å²) in [5, 5.41) is 18.4. The quantitative estimate of drug-likeness (QED) is 0.481. The third-order valence-electron chi connectivity index (χ3n) is 4.18. The summed E-state index contributed by atoms with van der Waals surface area (Å²) >= 11 is 3.28. The maximum absolute atomic E-state index is 12.2. The van der Waals surface area contributed by atoms with Crippen molar-refractivity contribution in [1.29, 1.82) is 0 Å². The van der Waals surface area contributed by atoms with Gasteiger partial charge in [0.1, 0.15) is 5.75 Å². The van der Waals surface area contributed by atoms with Gasteiger partial charge in [0.15, 0.2) is 0 Å². The molecule has 1 heterocycles. The maximum atomic E-state index is 12.2. The van der Waals surface area contributed by atoms with E-state index in [1.54, 1.807) is 12.3 Å². The first-order chi connectivity index (χ1) is 13.0. The third-order valence-corrected chi connectivity index (χ3v) is 4.67. The molecule has 27 heavy (non-hydrogen) atoms. The lowest BCUT2D eigenvalue weighted by Crippen LogP contribution is -2.17. The second kappa shape index (κ2) is 8.18. The molecule has 3 rings (SSSR count). The molecule has 0 saturated carbocycles. The van der Waals surface area contributed by atoms with Crippen LogP contribution in [0.25, 0.3) is 0 Å². The van der Waals surface area contributed by atoms with E-state index < -0.39 is 5.91 Å². The van der Waals surface area contributed by atoms with Crippen LogP contribution in [-0.4, -0.2) is 27.0 Å². The Hall–Kier alpha value is -2.93. The lowest BCUT2D eigenvalue weighted by Gasteiger charge is -2.05. The first-order valence-electron chi connectivity index (χ1n) is 8.35. The summed E-state index contributed by atoms with van der Waals surface area (Å²) in [7, 11) is 0. The Balaban J connectivity index is 1.74. The summed E-state index contributed by atoms with van der Waals surface area (Å²) in [5.41, 5.74) is 6.38. The van der Waals surface area contributed by atoms with Gasteiger partial charge in [0, 0.05) is 15.7 Å². The number of aryl methyl sites for hydroxylation is 1. The van der Waals surface area contributed by atoms with Crippen molar-refractivity contribution in [2.24, 2.45) is 5.10 Å². The highest BCUT2D eigenvalue weighted by atomic mass is 79.9. The van der Waals surface area contributed by atoms with Gasteiger partial charge in [-0.25, -0.2) is 5.43 Å². The molecule has 0 aliphatic rings. The zero-order valence-corrected chi connectivity index (χ0v) is 16.6. The molecule has 0 aliphatic carbocycles. The Morgan fingerprint density at radius 3 is 2.74 bits per heavy atom. The third kappa shape index (κ3) is 4.43. The molecule has 138 valence electrons. The van der Waals surface area contributed by atoms with Crippen molar-refractivity contribution >= 4 is 28.1 Å². The van der Waals surface area contributed by atoms with E-state index in [0.717, 1.165) is 22.5 Å². The summed E-state index contributed by atoms with van der Waals surface area (Å²) in [6.07, 6.45) is 1.58. The van der Waals surface area contributed by atoms with E-state index in [2.05, 4.69) is 43.7 Å². The van der Waals surface area contributed by atoms with Crippen molar-refractivity contribution in [2.75, 3.05) is 0 Å². The van der Waals surface area contributed by atoms with Crippen LogP contribution < -0.4 is 5.43 Å². The van der Waals surface area contributed by atoms with Crippen LogP contribution in [0.5, 0.6) is 5.75 Å². The van der Waals surface area contributed by atoms with Crippen LogP contribution in [0, 0.1) is 13.8 Å². The summed E-state index contributed by atoms with van der Waals surface area (Å²) in [4.78, 5) is 12.2. The van der Waals surface area contributed by atoms with Crippen molar-refractivity contribution in [3.8, 4) is 5.75 Å². The van der Waals surface area contributed by atoms with Crippen LogP contribution in [0.3, 0.4) is 0 Å². The fraction of sp³-hybridized carbons (Fsp3) is 0.150. The highest BCUT2D eigenvalue weighted by Crippen LogP contribution is 2.21. The second-order valence-corrected chi connectivity index (χ2v) is 7.00. The predicted octanol–water partition coefficient (Wildman–Crippen LogP) is 3.78. The molecular weight excluding hydrogens is 408 g/mol. The van der Waals surface area contributed by atoms with E-state index in [9.17, 15) is 9.90 Å². The molecule has 0 radical (unpaired) electrons. The average Bonchev–Trinajstić information content (AvgIpc) is 2.91. The average molecular weight is 427 g/mol. The molecule has 3 aromatic rings. The summed E-state index contributed by atoms with van der Waals surface area (Å²) < 4.78 is 2.61. The Kier molecular flexibility index (Phi) is 5.71. The zero-order valence-electron chi connectivity index (χ0n) is 15.0. The number of phenols is 1. The van der Waals surface area contributed by atoms with Crippen molar-refractivity contribution in [3.63, 3.8) is 0 Å². The van der Waals surface area contributed by atoms with Crippen LogP contribution in [0.4, 0.5) is 0 Å². The second-order valence-electron chi connectivity index (χ2n) is 6.09. The van der Waals surface area contributed by atoms with Gasteiger partial charge in [-0.1, -0.05) is 46.3 Å². The van der Waals surface area contributed by atoms with Gasteiger partial charge >= 0.3 is 0 Å². The number of rotatable bonds is 5. The molecule has 0 unspecified atom stereocenters. The van der Waals surface area contributed by atoms with Gasteiger partial charge in [-0.3, -0.25) is 9.48 Å². The summed E-state index contributed by atoms with van der Waals surface area (Å²) in [5.74, 6) is -0.592. The zero-order chi connectivity index (χ0) is 19.4. The molecule has 0 aliphatic heterocycles. The molecule has 0 spiro atoms. The molecule has 1 amide bonds. The van der Waals surface area contributed by atoms with Gasteiger partial charge in [0.2, 0.25) is 0 Å². The normalized spacial score (nSPS) is 11.1. The lowest BCUT2D eigenvalue weighted by atomic mass is 10.2. The van der Waals surface area contributed by atoms with Crippen LogP contribution in [0.2, 0.25) is 0 Å². The van der Waals surface area contributed by atoms with Crippen molar-refractivity contribution in [1.82, 2.24) is 15.2 Å². The van der Waals surface area contributed by atoms with Crippen LogP contribution >= 0.6 is 15.9 Å². The monoisotopic (exact) mass is 426 g/mol. The highest BCUT2D eigenvalue weighted by Gasteiger charge is 2.12. The molecule has 0 saturated heterocycles. The molecule has 6 nitrogen and oxygen atoms in total. The number of aromatic hydroxyl groups is 1. The molecule has 0 fully saturated rings. The SMILES string of the molecule is Cc1nn(Cc2ccccc2)c(C)c1/C=N/NC(=O)c1cc(Br)ccc1O. The van der Waals surface area contributed by atoms with Crippen LogP contribution in [-0.2, 0) is 6.54 Å². The molecular formula is C20H19BrN4O2. The van der Waals surface area contributed by atoms with Gasteiger partial charge in [-0.05, 0) is 37.6 Å². The first-order valence-corrected chi connectivity index (χ1v) is 9.15. The van der Waals surface area contributed by atoms with E-state index in [-0.39, 0.29) is 11.3 Å². The number of hydrogen-bond donors (Lipinski definition) is 2. The highest BCUT2D eigenvalue weighted by molar-refractivity contribution is 9.10. The Bertz CT molecular complexity index is 997. The minimum atomic E-state index is -0.489. The van der Waals surface area contributed by atoms with Gasteiger partial charge in [0.25, 0.3) is 5.91 Å². The van der Waals surface area contributed by atoms with Gasteiger partial charge in [-0.2, -0.15) is 10.2 Å². The number of aromatic nitrogens is 2. The largest absolute Gasteiger partial charge is 0.507 e. The number of nitrogens with zero attached hydrogens (tertiary/aromatic N) is 3. The first kappa shape index (κ1) is 18.8. The molecule has 0 bridgehead atoms. The number of hydrogen-bond acceptors (Lipinski definition) is 4. The summed E-state index contributed by atoms with van der Waals surface area (Å²) in [6, 6.07) is 14.7. The van der Waals surface area contributed by atoms with Crippen molar-refractivity contribution in [2.45, 2.75) is 20.4 Å². The molecule has 2 N–H and O–H groups in total. The fourth-order valence-electron chi connectivity index (χ4n) is 2.71. The molecule has 1 aromatic heterocycles. The van der Waals surface area contributed by atoms with E-state index in [4.69, 9.17) is 0 Å². The van der Waals surface area contributed by atoms with E-state index in [0.29, 0.717) is 11.0 Å². The summed E-state index contributed by atoms with van der Waals surface area (Å²) in [6.45, 7) is 4.53. The number of nitrogens with one attached hydrogen (secondary N) is 1.